The first-order valence-corrected chi connectivity index (χ1v) is 8.44. The Morgan fingerprint density at radius 2 is 1.89 bits per heavy atom. The lowest BCUT2D eigenvalue weighted by molar-refractivity contribution is -0.384. The van der Waals surface area contributed by atoms with E-state index in [1.165, 1.54) is 29.8 Å². The number of ether oxygens (including phenoxy) is 1. The predicted octanol–water partition coefficient (Wildman–Crippen LogP) is 2.90. The Bertz CT molecular complexity index is 818. The molecule has 0 aliphatic rings. The average molecular weight is 368 g/mol. The number of non-ortho nitro benzene ring substituents is 1. The first-order chi connectivity index (χ1) is 13.0. The predicted molar refractivity (Wildman–Crippen MR) is 101 cm³/mol. The van der Waals surface area contributed by atoms with Gasteiger partial charge in [-0.2, -0.15) is 0 Å². The molecule has 0 saturated carbocycles. The van der Waals surface area contributed by atoms with Crippen molar-refractivity contribution >= 4 is 23.6 Å². The first kappa shape index (κ1) is 19.8. The molecule has 140 valence electrons. The summed E-state index contributed by atoms with van der Waals surface area (Å²) in [5, 5.41) is 13.4. The Hall–Kier alpha value is -3.48. The average Bonchev–Trinajstić information content (AvgIpc) is 2.69. The minimum absolute atomic E-state index is 0.0691. The third kappa shape index (κ3) is 7.52. The highest BCUT2D eigenvalue weighted by Crippen LogP contribution is 2.14. The minimum Gasteiger partial charge on any atom is -0.452 e. The number of benzene rings is 2. The fourth-order valence-electron chi connectivity index (χ4n) is 2.31. The molecule has 0 fully saturated rings. The molecule has 1 amide bonds. The van der Waals surface area contributed by atoms with Gasteiger partial charge in [-0.15, -0.1) is 0 Å². The number of carbonyl (C=O) groups excluding carboxylic acids is 2. The van der Waals surface area contributed by atoms with E-state index in [1.807, 2.05) is 30.3 Å². The van der Waals surface area contributed by atoms with Crippen LogP contribution in [0, 0.1) is 10.1 Å². The van der Waals surface area contributed by atoms with E-state index in [0.29, 0.717) is 12.1 Å². The number of nitrogens with one attached hydrogen (secondary N) is 1. The molecule has 0 unspecified atom stereocenters. The number of nitro groups is 1. The van der Waals surface area contributed by atoms with Crippen molar-refractivity contribution in [2.24, 2.45) is 0 Å². The van der Waals surface area contributed by atoms with Crippen LogP contribution in [0.25, 0.3) is 6.08 Å². The van der Waals surface area contributed by atoms with E-state index in [2.05, 4.69) is 5.32 Å². The molecule has 0 radical (unpaired) electrons. The van der Waals surface area contributed by atoms with Crippen molar-refractivity contribution in [1.82, 2.24) is 5.32 Å². The van der Waals surface area contributed by atoms with Crippen molar-refractivity contribution in [3.05, 3.63) is 81.9 Å². The second-order valence-electron chi connectivity index (χ2n) is 5.73. The smallest absolute Gasteiger partial charge is 0.331 e. The van der Waals surface area contributed by atoms with Gasteiger partial charge in [0.2, 0.25) is 0 Å². The van der Waals surface area contributed by atoms with Crippen LogP contribution in [-0.2, 0) is 20.7 Å². The number of carbonyl (C=O) groups is 2. The molecule has 0 heterocycles. The number of nitrogens with zero attached hydrogens (tertiary/aromatic N) is 1. The lowest BCUT2D eigenvalue weighted by Gasteiger charge is -2.05. The van der Waals surface area contributed by atoms with Crippen molar-refractivity contribution in [2.45, 2.75) is 12.8 Å². The SMILES string of the molecule is O=C(COC(=O)/C=C/c1cccc([N+](=O)[O-])c1)NCCCc1ccccc1. The van der Waals surface area contributed by atoms with Crippen molar-refractivity contribution in [2.75, 3.05) is 13.2 Å². The van der Waals surface area contributed by atoms with Gasteiger partial charge in [-0.05, 0) is 30.0 Å². The minimum atomic E-state index is -0.694. The highest BCUT2D eigenvalue weighted by atomic mass is 16.6. The molecule has 0 spiro atoms. The zero-order valence-corrected chi connectivity index (χ0v) is 14.7. The topological polar surface area (TPSA) is 98.5 Å². The molecule has 0 aliphatic heterocycles. The quantitative estimate of drug-likeness (QED) is 0.241. The van der Waals surface area contributed by atoms with Gasteiger partial charge >= 0.3 is 5.97 Å². The zero-order chi connectivity index (χ0) is 19.5. The van der Waals surface area contributed by atoms with E-state index in [1.54, 1.807) is 6.07 Å². The summed E-state index contributed by atoms with van der Waals surface area (Å²) < 4.78 is 4.85. The number of hydrogen-bond acceptors (Lipinski definition) is 5. The Labute approximate surface area is 156 Å². The molecule has 0 aliphatic carbocycles. The van der Waals surface area contributed by atoms with Gasteiger partial charge < -0.3 is 10.1 Å². The number of esters is 1. The molecule has 7 nitrogen and oxygen atoms in total. The maximum Gasteiger partial charge on any atom is 0.331 e. The Balaban J connectivity index is 1.66. The highest BCUT2D eigenvalue weighted by Gasteiger charge is 2.06. The molecule has 7 heteroatoms. The van der Waals surface area contributed by atoms with Crippen LogP contribution in [0.15, 0.2) is 60.7 Å². The number of hydrogen-bond donors (Lipinski definition) is 1. The van der Waals surface area contributed by atoms with Crippen LogP contribution in [-0.4, -0.2) is 30.0 Å². The molecule has 2 aromatic rings. The molecule has 0 bridgehead atoms. The highest BCUT2D eigenvalue weighted by molar-refractivity contribution is 5.89. The van der Waals surface area contributed by atoms with Crippen molar-refractivity contribution in [1.29, 1.82) is 0 Å². The number of aryl methyl sites for hydroxylation is 1. The Morgan fingerprint density at radius 3 is 2.63 bits per heavy atom. The third-order valence-corrected chi connectivity index (χ3v) is 3.65. The molecule has 2 aromatic carbocycles. The Morgan fingerprint density at radius 1 is 1.11 bits per heavy atom. The third-order valence-electron chi connectivity index (χ3n) is 3.65. The summed E-state index contributed by atoms with van der Waals surface area (Å²) in [6.45, 7) is 0.123. The van der Waals surface area contributed by atoms with Gasteiger partial charge in [-0.3, -0.25) is 14.9 Å². The van der Waals surface area contributed by atoms with Crippen LogP contribution >= 0.6 is 0 Å². The second-order valence-corrected chi connectivity index (χ2v) is 5.73. The normalized spacial score (nSPS) is 10.5. The summed E-state index contributed by atoms with van der Waals surface area (Å²) in [5.41, 5.74) is 1.62. The summed E-state index contributed by atoms with van der Waals surface area (Å²) in [6, 6.07) is 15.8. The maximum atomic E-state index is 11.7. The van der Waals surface area contributed by atoms with Crippen LogP contribution in [0.1, 0.15) is 17.5 Å². The number of amides is 1. The summed E-state index contributed by atoms with van der Waals surface area (Å²) >= 11 is 0. The molecule has 0 aromatic heterocycles. The molecular formula is C20H20N2O5. The van der Waals surface area contributed by atoms with E-state index in [4.69, 9.17) is 4.74 Å². The van der Waals surface area contributed by atoms with Gasteiger partial charge in [0.1, 0.15) is 0 Å². The van der Waals surface area contributed by atoms with E-state index in [9.17, 15) is 19.7 Å². The fraction of sp³-hybridized carbons (Fsp3) is 0.200. The molecular weight excluding hydrogens is 348 g/mol. The van der Waals surface area contributed by atoms with Gasteiger partial charge in [-0.25, -0.2) is 4.79 Å². The molecule has 0 atom stereocenters. The zero-order valence-electron chi connectivity index (χ0n) is 14.7. The lowest BCUT2D eigenvalue weighted by Crippen LogP contribution is -2.29. The fourth-order valence-corrected chi connectivity index (χ4v) is 2.31. The van der Waals surface area contributed by atoms with Crippen LogP contribution < -0.4 is 5.32 Å². The number of nitro benzene ring substituents is 1. The molecule has 2 rings (SSSR count). The van der Waals surface area contributed by atoms with E-state index < -0.39 is 10.9 Å². The van der Waals surface area contributed by atoms with Gasteiger partial charge in [0.25, 0.3) is 11.6 Å². The summed E-state index contributed by atoms with van der Waals surface area (Å²) in [7, 11) is 0. The lowest BCUT2D eigenvalue weighted by atomic mass is 10.1. The number of rotatable bonds is 9. The standard InChI is InChI=1S/C20H20N2O5/c23-19(21-13-5-9-16-6-2-1-3-7-16)15-27-20(24)12-11-17-8-4-10-18(14-17)22(25)26/h1-4,6-8,10-12,14H,5,9,13,15H2,(H,21,23)/b12-11+. The molecule has 27 heavy (non-hydrogen) atoms. The second kappa shape index (κ2) is 10.5. The van der Waals surface area contributed by atoms with Crippen LogP contribution in [0.5, 0.6) is 0 Å². The summed E-state index contributed by atoms with van der Waals surface area (Å²) in [6.07, 6.45) is 4.16. The van der Waals surface area contributed by atoms with E-state index >= 15 is 0 Å². The van der Waals surface area contributed by atoms with Gasteiger partial charge in [-0.1, -0.05) is 42.5 Å². The van der Waals surface area contributed by atoms with Crippen molar-refractivity contribution < 1.29 is 19.2 Å². The molecule has 0 saturated heterocycles. The maximum absolute atomic E-state index is 11.7. The van der Waals surface area contributed by atoms with E-state index in [0.717, 1.165) is 18.9 Å². The van der Waals surface area contributed by atoms with Crippen LogP contribution in [0.4, 0.5) is 5.69 Å². The van der Waals surface area contributed by atoms with Crippen molar-refractivity contribution in [3.8, 4) is 0 Å². The largest absolute Gasteiger partial charge is 0.452 e. The van der Waals surface area contributed by atoms with Crippen LogP contribution in [0.2, 0.25) is 0 Å². The van der Waals surface area contributed by atoms with Gasteiger partial charge in [0.15, 0.2) is 6.61 Å². The molecule has 1 N–H and O–H groups in total. The van der Waals surface area contributed by atoms with Gasteiger partial charge in [0.05, 0.1) is 4.92 Å². The van der Waals surface area contributed by atoms with Crippen molar-refractivity contribution in [3.63, 3.8) is 0 Å². The summed E-state index contributed by atoms with van der Waals surface area (Å²) in [5.74, 6) is -1.07. The van der Waals surface area contributed by atoms with Gasteiger partial charge in [0, 0.05) is 24.8 Å². The first-order valence-electron chi connectivity index (χ1n) is 8.44. The van der Waals surface area contributed by atoms with Crippen LogP contribution in [0.3, 0.4) is 0 Å². The Kier molecular flexibility index (Phi) is 7.71. The van der Waals surface area contributed by atoms with E-state index in [-0.39, 0.29) is 18.2 Å². The summed E-state index contributed by atoms with van der Waals surface area (Å²) in [4.78, 5) is 33.5. The monoisotopic (exact) mass is 368 g/mol.